The molecule has 2 saturated heterocycles. The number of aryl methyl sites for hydroxylation is 1. The van der Waals surface area contributed by atoms with Gasteiger partial charge in [0.25, 0.3) is 5.91 Å². The molecule has 29 heavy (non-hydrogen) atoms. The Balaban J connectivity index is 1.25. The summed E-state index contributed by atoms with van der Waals surface area (Å²) in [5, 5.41) is 0. The van der Waals surface area contributed by atoms with Gasteiger partial charge < -0.3 is 19.4 Å². The fourth-order valence-corrected chi connectivity index (χ4v) is 4.11. The molecule has 2 fully saturated rings. The van der Waals surface area contributed by atoms with Crippen LogP contribution >= 0.6 is 0 Å². The molecule has 2 aromatic carbocycles. The van der Waals surface area contributed by atoms with Crippen molar-refractivity contribution < 1.29 is 9.53 Å². The van der Waals surface area contributed by atoms with E-state index in [1.807, 2.05) is 36.1 Å². The number of hydrogen-bond acceptors (Lipinski definition) is 4. The van der Waals surface area contributed by atoms with Crippen LogP contribution in [0.5, 0.6) is 5.75 Å². The summed E-state index contributed by atoms with van der Waals surface area (Å²) >= 11 is 0. The molecule has 0 N–H and O–H groups in total. The fourth-order valence-electron chi connectivity index (χ4n) is 4.11. The molecule has 0 radical (unpaired) electrons. The monoisotopic (exact) mass is 393 g/mol. The average Bonchev–Trinajstić information content (AvgIpc) is 2.79. The van der Waals surface area contributed by atoms with Crippen molar-refractivity contribution in [2.75, 3.05) is 55.7 Å². The molecule has 4 rings (SSSR count). The Bertz CT molecular complexity index is 790. The lowest BCUT2D eigenvalue weighted by Crippen LogP contribution is -2.50. The van der Waals surface area contributed by atoms with E-state index in [-0.39, 0.29) is 12.5 Å². The molecule has 0 aromatic heterocycles. The van der Waals surface area contributed by atoms with Gasteiger partial charge in [0.1, 0.15) is 5.75 Å². The number of anilines is 2. The van der Waals surface area contributed by atoms with Crippen molar-refractivity contribution in [1.82, 2.24) is 4.90 Å². The van der Waals surface area contributed by atoms with Gasteiger partial charge in [0.2, 0.25) is 0 Å². The summed E-state index contributed by atoms with van der Waals surface area (Å²) in [6.07, 6.45) is 3.95. The molecule has 5 heteroatoms. The lowest BCUT2D eigenvalue weighted by Gasteiger charge is -2.36. The van der Waals surface area contributed by atoms with E-state index in [0.29, 0.717) is 0 Å². The van der Waals surface area contributed by atoms with Gasteiger partial charge in [-0.1, -0.05) is 17.7 Å². The highest BCUT2D eigenvalue weighted by Crippen LogP contribution is 2.24. The van der Waals surface area contributed by atoms with Crippen LogP contribution in [0.15, 0.2) is 48.5 Å². The van der Waals surface area contributed by atoms with Crippen LogP contribution in [-0.2, 0) is 4.79 Å². The lowest BCUT2D eigenvalue weighted by molar-refractivity contribution is -0.133. The second-order valence-corrected chi connectivity index (χ2v) is 8.03. The van der Waals surface area contributed by atoms with Gasteiger partial charge in [-0.2, -0.15) is 0 Å². The van der Waals surface area contributed by atoms with E-state index >= 15 is 0 Å². The van der Waals surface area contributed by atoms with Crippen molar-refractivity contribution in [3.8, 4) is 5.75 Å². The minimum atomic E-state index is 0.0608. The molecule has 2 aromatic rings. The molecule has 154 valence electrons. The third-order valence-electron chi connectivity index (χ3n) is 5.95. The van der Waals surface area contributed by atoms with E-state index in [4.69, 9.17) is 4.74 Å². The Morgan fingerprint density at radius 1 is 0.759 bits per heavy atom. The Kier molecular flexibility index (Phi) is 6.23. The third kappa shape index (κ3) is 5.03. The van der Waals surface area contributed by atoms with Crippen LogP contribution < -0.4 is 14.5 Å². The smallest absolute Gasteiger partial charge is 0.260 e. The summed E-state index contributed by atoms with van der Waals surface area (Å²) in [5.41, 5.74) is 3.76. The molecule has 0 unspecified atom stereocenters. The van der Waals surface area contributed by atoms with Crippen LogP contribution in [0, 0.1) is 6.92 Å². The number of amides is 1. The highest BCUT2D eigenvalue weighted by atomic mass is 16.5. The van der Waals surface area contributed by atoms with Gasteiger partial charge in [0.05, 0.1) is 0 Å². The van der Waals surface area contributed by atoms with Crippen molar-refractivity contribution in [2.24, 2.45) is 0 Å². The highest BCUT2D eigenvalue weighted by Gasteiger charge is 2.22. The highest BCUT2D eigenvalue weighted by molar-refractivity contribution is 5.78. The van der Waals surface area contributed by atoms with E-state index < -0.39 is 0 Å². The van der Waals surface area contributed by atoms with E-state index in [0.717, 1.165) is 31.9 Å². The third-order valence-corrected chi connectivity index (χ3v) is 5.95. The van der Waals surface area contributed by atoms with Gasteiger partial charge >= 0.3 is 0 Å². The summed E-state index contributed by atoms with van der Waals surface area (Å²) < 4.78 is 5.65. The van der Waals surface area contributed by atoms with E-state index in [1.165, 1.54) is 49.3 Å². The summed E-state index contributed by atoms with van der Waals surface area (Å²) in [6.45, 7) is 7.69. The Morgan fingerprint density at radius 3 is 1.90 bits per heavy atom. The van der Waals surface area contributed by atoms with E-state index in [2.05, 4.69) is 34.1 Å². The van der Waals surface area contributed by atoms with E-state index in [1.54, 1.807) is 0 Å². The molecule has 0 bridgehead atoms. The van der Waals surface area contributed by atoms with Crippen molar-refractivity contribution in [2.45, 2.75) is 26.2 Å². The van der Waals surface area contributed by atoms with Gasteiger partial charge in [-0.15, -0.1) is 0 Å². The molecule has 5 nitrogen and oxygen atoms in total. The molecule has 0 aliphatic carbocycles. The first kappa shape index (κ1) is 19.6. The van der Waals surface area contributed by atoms with Crippen LogP contribution in [0.25, 0.3) is 0 Å². The predicted octanol–water partition coefficient (Wildman–Crippen LogP) is 3.71. The number of ether oxygens (including phenoxy) is 1. The maximum Gasteiger partial charge on any atom is 0.260 e. The van der Waals surface area contributed by atoms with Gasteiger partial charge in [0.15, 0.2) is 6.61 Å². The Hall–Kier alpha value is -2.69. The van der Waals surface area contributed by atoms with Gasteiger partial charge in [-0.05, 0) is 62.6 Å². The maximum atomic E-state index is 12.5. The number of hydrogen-bond donors (Lipinski definition) is 0. The number of piperidine rings is 1. The second kappa shape index (κ2) is 9.21. The van der Waals surface area contributed by atoms with Gasteiger partial charge in [-0.3, -0.25) is 4.79 Å². The normalized spacial score (nSPS) is 17.3. The Labute approximate surface area is 173 Å². The minimum absolute atomic E-state index is 0.0608. The van der Waals surface area contributed by atoms with Crippen molar-refractivity contribution in [1.29, 1.82) is 0 Å². The zero-order chi connectivity index (χ0) is 20.1. The Morgan fingerprint density at radius 2 is 1.31 bits per heavy atom. The number of benzene rings is 2. The molecule has 0 spiro atoms. The van der Waals surface area contributed by atoms with Crippen LogP contribution in [-0.4, -0.2) is 56.7 Å². The molecule has 0 saturated carbocycles. The summed E-state index contributed by atoms with van der Waals surface area (Å²) in [6, 6.07) is 16.7. The number of nitrogens with zero attached hydrogens (tertiary/aromatic N) is 3. The summed E-state index contributed by atoms with van der Waals surface area (Å²) in [4.78, 5) is 19.2. The predicted molar refractivity (Wildman–Crippen MR) is 118 cm³/mol. The molecule has 2 aliphatic rings. The van der Waals surface area contributed by atoms with Crippen LogP contribution in [0.1, 0.15) is 24.8 Å². The zero-order valence-corrected chi connectivity index (χ0v) is 17.3. The first-order chi connectivity index (χ1) is 14.2. The molecule has 0 atom stereocenters. The van der Waals surface area contributed by atoms with E-state index in [9.17, 15) is 4.79 Å². The molecular weight excluding hydrogens is 362 g/mol. The number of piperazine rings is 1. The average molecular weight is 394 g/mol. The molecule has 2 aliphatic heterocycles. The number of carbonyl (C=O) groups is 1. The largest absolute Gasteiger partial charge is 0.484 e. The maximum absolute atomic E-state index is 12.5. The standard InChI is InChI=1S/C24H31N3O2/c1-20-5-11-23(12-6-20)29-19-24(28)27-17-15-26(16-18-27)22-9-7-21(8-10-22)25-13-3-2-4-14-25/h5-12H,2-4,13-19H2,1H3. The lowest BCUT2D eigenvalue weighted by atomic mass is 10.1. The topological polar surface area (TPSA) is 36.0 Å². The molecule has 1 amide bonds. The SMILES string of the molecule is Cc1ccc(OCC(=O)N2CCN(c3ccc(N4CCCCC4)cc3)CC2)cc1. The summed E-state index contributed by atoms with van der Waals surface area (Å²) in [7, 11) is 0. The van der Waals surface area contributed by atoms with Crippen LogP contribution in [0.4, 0.5) is 11.4 Å². The summed E-state index contributed by atoms with van der Waals surface area (Å²) in [5.74, 6) is 0.807. The van der Waals surface area contributed by atoms with Crippen molar-refractivity contribution >= 4 is 17.3 Å². The number of rotatable bonds is 5. The second-order valence-electron chi connectivity index (χ2n) is 8.03. The van der Waals surface area contributed by atoms with Gasteiger partial charge in [-0.25, -0.2) is 0 Å². The number of carbonyl (C=O) groups excluding carboxylic acids is 1. The van der Waals surface area contributed by atoms with Gasteiger partial charge in [0, 0.05) is 50.6 Å². The van der Waals surface area contributed by atoms with Crippen molar-refractivity contribution in [3.63, 3.8) is 0 Å². The molecule has 2 heterocycles. The fraction of sp³-hybridized carbons (Fsp3) is 0.458. The first-order valence-electron chi connectivity index (χ1n) is 10.8. The van der Waals surface area contributed by atoms with Crippen LogP contribution in [0.3, 0.4) is 0 Å². The first-order valence-corrected chi connectivity index (χ1v) is 10.8. The minimum Gasteiger partial charge on any atom is -0.484 e. The quantitative estimate of drug-likeness (QED) is 0.776. The molecular formula is C24H31N3O2. The zero-order valence-electron chi connectivity index (χ0n) is 17.3. The van der Waals surface area contributed by atoms with Crippen LogP contribution in [0.2, 0.25) is 0 Å². The van der Waals surface area contributed by atoms with Crippen molar-refractivity contribution in [3.05, 3.63) is 54.1 Å².